The summed E-state index contributed by atoms with van der Waals surface area (Å²) in [6.45, 7) is 1.73. The van der Waals surface area contributed by atoms with E-state index >= 15 is 0 Å². The number of likely N-dealkylation sites (tertiary alicyclic amines) is 1. The minimum absolute atomic E-state index is 0.0544. The number of nitrogens with zero attached hydrogens (tertiary/aromatic N) is 1. The molecule has 1 saturated heterocycles. The summed E-state index contributed by atoms with van der Waals surface area (Å²) in [6, 6.07) is 5.33. The van der Waals surface area contributed by atoms with Gasteiger partial charge in [-0.25, -0.2) is 0 Å². The molecule has 1 spiro atoms. The molecular formula is C16H20ClNOS. The summed E-state index contributed by atoms with van der Waals surface area (Å²) < 4.78 is 0. The van der Waals surface area contributed by atoms with Gasteiger partial charge in [0.2, 0.25) is 0 Å². The Labute approximate surface area is 130 Å². The Kier molecular flexibility index (Phi) is 4.00. The molecule has 1 aromatic rings. The van der Waals surface area contributed by atoms with Gasteiger partial charge in [0.25, 0.3) is 5.91 Å². The molecule has 1 aliphatic carbocycles. The Hall–Kier alpha value is -0.670. The van der Waals surface area contributed by atoms with Crippen molar-refractivity contribution in [1.29, 1.82) is 0 Å². The molecule has 108 valence electrons. The third kappa shape index (κ3) is 2.71. The van der Waals surface area contributed by atoms with Gasteiger partial charge < -0.3 is 4.90 Å². The summed E-state index contributed by atoms with van der Waals surface area (Å²) in [5, 5.41) is 0.522. The third-order valence-corrected chi connectivity index (χ3v) is 5.56. The van der Waals surface area contributed by atoms with Crippen LogP contribution in [0.1, 0.15) is 48.9 Å². The lowest BCUT2D eigenvalue weighted by molar-refractivity contribution is 0.0587. The number of rotatable bonds is 1. The standard InChI is InChI=1S/C16H20ClNOS/c17-14-4-3-12(20)11-13(14)15(19)18-9-7-16(8-10-18)5-1-2-6-16/h3-4,11,20H,1-2,5-10H2. The van der Waals surface area contributed by atoms with Crippen molar-refractivity contribution >= 4 is 30.1 Å². The zero-order valence-electron chi connectivity index (χ0n) is 11.6. The summed E-state index contributed by atoms with van der Waals surface area (Å²) in [6.07, 6.45) is 7.72. The van der Waals surface area contributed by atoms with Crippen molar-refractivity contribution in [3.05, 3.63) is 28.8 Å². The van der Waals surface area contributed by atoms with Gasteiger partial charge in [0, 0.05) is 18.0 Å². The van der Waals surface area contributed by atoms with Gasteiger partial charge in [-0.1, -0.05) is 24.4 Å². The Morgan fingerprint density at radius 3 is 2.45 bits per heavy atom. The van der Waals surface area contributed by atoms with Crippen LogP contribution in [0.25, 0.3) is 0 Å². The van der Waals surface area contributed by atoms with Crippen LogP contribution in [0.5, 0.6) is 0 Å². The number of hydrogen-bond donors (Lipinski definition) is 1. The molecule has 1 amide bonds. The Morgan fingerprint density at radius 2 is 1.80 bits per heavy atom. The molecule has 1 aliphatic heterocycles. The first kappa shape index (κ1) is 14.3. The zero-order valence-corrected chi connectivity index (χ0v) is 13.2. The van der Waals surface area contributed by atoms with E-state index < -0.39 is 0 Å². The molecule has 4 heteroatoms. The van der Waals surface area contributed by atoms with E-state index in [9.17, 15) is 4.79 Å². The van der Waals surface area contributed by atoms with Gasteiger partial charge in [-0.3, -0.25) is 4.79 Å². The van der Waals surface area contributed by atoms with Crippen LogP contribution in [0.2, 0.25) is 5.02 Å². The lowest BCUT2D eigenvalue weighted by Gasteiger charge is -2.39. The Bertz CT molecular complexity index is 515. The van der Waals surface area contributed by atoms with Crippen LogP contribution in [0.3, 0.4) is 0 Å². The molecule has 2 aliphatic rings. The van der Waals surface area contributed by atoms with Crippen molar-refractivity contribution in [3.8, 4) is 0 Å². The van der Waals surface area contributed by atoms with Gasteiger partial charge in [-0.15, -0.1) is 12.6 Å². The average Bonchev–Trinajstić information content (AvgIpc) is 2.90. The number of thiol groups is 1. The highest BCUT2D eigenvalue weighted by Gasteiger charge is 2.38. The van der Waals surface area contributed by atoms with Crippen molar-refractivity contribution in [2.24, 2.45) is 5.41 Å². The van der Waals surface area contributed by atoms with Gasteiger partial charge in [0.05, 0.1) is 10.6 Å². The highest BCUT2D eigenvalue weighted by atomic mass is 35.5. The van der Waals surface area contributed by atoms with E-state index in [1.165, 1.54) is 25.7 Å². The normalized spacial score (nSPS) is 21.4. The Morgan fingerprint density at radius 1 is 1.15 bits per heavy atom. The first-order chi connectivity index (χ1) is 9.60. The summed E-state index contributed by atoms with van der Waals surface area (Å²) in [7, 11) is 0. The first-order valence-electron chi connectivity index (χ1n) is 7.38. The van der Waals surface area contributed by atoms with Crippen LogP contribution >= 0.6 is 24.2 Å². The molecule has 0 bridgehead atoms. The summed E-state index contributed by atoms with van der Waals surface area (Å²) in [5.41, 5.74) is 1.12. The van der Waals surface area contributed by atoms with Crippen LogP contribution in [0, 0.1) is 5.41 Å². The van der Waals surface area contributed by atoms with Crippen LogP contribution in [-0.4, -0.2) is 23.9 Å². The fourth-order valence-electron chi connectivity index (χ4n) is 3.66. The predicted octanol–water partition coefficient (Wildman–Crippen LogP) is 4.43. The van der Waals surface area contributed by atoms with Gasteiger partial charge >= 0.3 is 0 Å². The van der Waals surface area contributed by atoms with Gasteiger partial charge in [-0.05, 0) is 49.3 Å². The number of hydrogen-bond acceptors (Lipinski definition) is 2. The van der Waals surface area contributed by atoms with E-state index in [1.54, 1.807) is 12.1 Å². The quantitative estimate of drug-likeness (QED) is 0.761. The molecule has 0 unspecified atom stereocenters. The van der Waals surface area contributed by atoms with E-state index in [0.717, 1.165) is 30.8 Å². The lowest BCUT2D eigenvalue weighted by Crippen LogP contribution is -2.42. The second-order valence-electron chi connectivity index (χ2n) is 6.16. The second kappa shape index (κ2) is 5.61. The molecule has 0 aromatic heterocycles. The molecule has 0 radical (unpaired) electrons. The number of halogens is 1. The molecule has 3 rings (SSSR count). The van der Waals surface area contributed by atoms with Crippen molar-refractivity contribution in [2.75, 3.05) is 13.1 Å². The topological polar surface area (TPSA) is 20.3 Å². The van der Waals surface area contributed by atoms with E-state index in [2.05, 4.69) is 12.6 Å². The first-order valence-corrected chi connectivity index (χ1v) is 8.20. The average molecular weight is 310 g/mol. The van der Waals surface area contributed by atoms with Crippen molar-refractivity contribution in [1.82, 2.24) is 4.90 Å². The number of carbonyl (C=O) groups is 1. The molecule has 1 heterocycles. The minimum Gasteiger partial charge on any atom is -0.339 e. The molecule has 2 nitrogen and oxygen atoms in total. The third-order valence-electron chi connectivity index (χ3n) is 4.96. The predicted molar refractivity (Wildman–Crippen MR) is 84.7 cm³/mol. The summed E-state index contributed by atoms with van der Waals surface area (Å²) in [5.74, 6) is 0.0544. The van der Waals surface area contributed by atoms with Crippen molar-refractivity contribution < 1.29 is 4.79 Å². The van der Waals surface area contributed by atoms with Gasteiger partial charge in [0.15, 0.2) is 0 Å². The fraction of sp³-hybridized carbons (Fsp3) is 0.562. The van der Waals surface area contributed by atoms with Gasteiger partial charge in [0.1, 0.15) is 0 Å². The number of piperidine rings is 1. The maximum Gasteiger partial charge on any atom is 0.255 e. The summed E-state index contributed by atoms with van der Waals surface area (Å²) >= 11 is 10.4. The van der Waals surface area contributed by atoms with Crippen LogP contribution in [0.4, 0.5) is 0 Å². The number of benzene rings is 1. The van der Waals surface area contributed by atoms with E-state index in [0.29, 0.717) is 16.0 Å². The number of carbonyl (C=O) groups excluding carboxylic acids is 1. The van der Waals surface area contributed by atoms with Crippen molar-refractivity contribution in [3.63, 3.8) is 0 Å². The van der Waals surface area contributed by atoms with E-state index in [4.69, 9.17) is 11.6 Å². The molecular weight excluding hydrogens is 290 g/mol. The fourth-order valence-corrected chi connectivity index (χ4v) is 4.06. The summed E-state index contributed by atoms with van der Waals surface area (Å²) in [4.78, 5) is 15.3. The smallest absolute Gasteiger partial charge is 0.255 e. The second-order valence-corrected chi connectivity index (χ2v) is 7.09. The Balaban J connectivity index is 1.71. The van der Waals surface area contributed by atoms with Crippen LogP contribution in [0.15, 0.2) is 23.1 Å². The highest BCUT2D eigenvalue weighted by molar-refractivity contribution is 7.80. The molecule has 1 saturated carbocycles. The lowest BCUT2D eigenvalue weighted by atomic mass is 9.77. The SMILES string of the molecule is O=C(c1cc(S)ccc1Cl)N1CCC2(CCCC2)CC1. The molecule has 0 atom stereocenters. The monoisotopic (exact) mass is 309 g/mol. The maximum absolute atomic E-state index is 12.6. The minimum atomic E-state index is 0.0544. The zero-order chi connectivity index (χ0) is 14.2. The molecule has 20 heavy (non-hydrogen) atoms. The molecule has 0 N–H and O–H groups in total. The van der Waals surface area contributed by atoms with E-state index in [-0.39, 0.29) is 5.91 Å². The van der Waals surface area contributed by atoms with Gasteiger partial charge in [-0.2, -0.15) is 0 Å². The van der Waals surface area contributed by atoms with Crippen LogP contribution < -0.4 is 0 Å². The van der Waals surface area contributed by atoms with Crippen molar-refractivity contribution in [2.45, 2.75) is 43.4 Å². The maximum atomic E-state index is 12.6. The largest absolute Gasteiger partial charge is 0.339 e. The number of amides is 1. The van der Waals surface area contributed by atoms with Crippen LogP contribution in [-0.2, 0) is 0 Å². The van der Waals surface area contributed by atoms with E-state index in [1.807, 2.05) is 11.0 Å². The molecule has 1 aromatic carbocycles. The molecule has 2 fully saturated rings. The highest BCUT2D eigenvalue weighted by Crippen LogP contribution is 2.46.